The van der Waals surface area contributed by atoms with E-state index >= 15 is 0 Å². The third-order valence-corrected chi connectivity index (χ3v) is 2.64. The smallest absolute Gasteiger partial charge is 0.293 e. The fourth-order valence-corrected chi connectivity index (χ4v) is 1.32. The Morgan fingerprint density at radius 3 is 2.23 bits per heavy atom. The minimum Gasteiger partial charge on any atom is -0.506 e. The second-order valence-electron chi connectivity index (χ2n) is 2.11. The Balaban J connectivity index is 3.50. The van der Waals surface area contributed by atoms with Gasteiger partial charge in [0.15, 0.2) is 0 Å². The number of halogens is 3. The molecule has 1 aromatic carbocycles. The van der Waals surface area contributed by atoms with Gasteiger partial charge in [-0.3, -0.25) is 10.1 Å². The van der Waals surface area contributed by atoms with Crippen molar-refractivity contribution in [1.29, 1.82) is 0 Å². The number of benzene rings is 1. The van der Waals surface area contributed by atoms with E-state index < -0.39 is 16.4 Å². The first kappa shape index (κ1) is 10.4. The van der Waals surface area contributed by atoms with Crippen LogP contribution in [-0.4, -0.2) is 10.0 Å². The Morgan fingerprint density at radius 2 is 1.77 bits per heavy atom. The van der Waals surface area contributed by atoms with Crippen molar-refractivity contribution in [3.05, 3.63) is 31.2 Å². The van der Waals surface area contributed by atoms with Gasteiger partial charge < -0.3 is 5.11 Å². The standard InChI is InChI=1S/C6H2Cl3NO3/c7-4-2(10(12)13)1-3(11)5(8)6(4)9/h1,11H. The van der Waals surface area contributed by atoms with Crippen molar-refractivity contribution in [3.8, 4) is 5.75 Å². The summed E-state index contributed by atoms with van der Waals surface area (Å²) in [5.41, 5.74) is -0.478. The van der Waals surface area contributed by atoms with E-state index in [9.17, 15) is 10.1 Å². The molecule has 0 amide bonds. The molecule has 4 nitrogen and oxygen atoms in total. The predicted octanol–water partition coefficient (Wildman–Crippen LogP) is 3.26. The van der Waals surface area contributed by atoms with Gasteiger partial charge >= 0.3 is 0 Å². The highest BCUT2D eigenvalue weighted by Crippen LogP contribution is 2.42. The van der Waals surface area contributed by atoms with Gasteiger partial charge in [-0.2, -0.15) is 0 Å². The molecular formula is C6H2Cl3NO3. The van der Waals surface area contributed by atoms with E-state index in [1.165, 1.54) is 0 Å². The van der Waals surface area contributed by atoms with E-state index in [0.29, 0.717) is 0 Å². The van der Waals surface area contributed by atoms with Crippen LogP contribution < -0.4 is 0 Å². The molecule has 0 spiro atoms. The summed E-state index contributed by atoms with van der Waals surface area (Å²) in [6.07, 6.45) is 0. The SMILES string of the molecule is O=[N+]([O-])c1cc(O)c(Cl)c(Cl)c1Cl. The molecular weight excluding hydrogens is 240 g/mol. The van der Waals surface area contributed by atoms with Gasteiger partial charge in [-0.25, -0.2) is 0 Å². The number of hydrogen-bond donors (Lipinski definition) is 1. The molecule has 0 fully saturated rings. The molecule has 0 aliphatic rings. The highest BCUT2D eigenvalue weighted by atomic mass is 35.5. The quantitative estimate of drug-likeness (QED) is 0.467. The van der Waals surface area contributed by atoms with Crippen LogP contribution >= 0.6 is 34.8 Å². The molecule has 0 saturated heterocycles. The van der Waals surface area contributed by atoms with Gasteiger partial charge in [0.25, 0.3) is 5.69 Å². The number of nitrogens with zero attached hydrogens (tertiary/aromatic N) is 1. The van der Waals surface area contributed by atoms with Crippen molar-refractivity contribution in [2.24, 2.45) is 0 Å². The Morgan fingerprint density at radius 1 is 1.23 bits per heavy atom. The molecule has 0 aromatic heterocycles. The summed E-state index contributed by atoms with van der Waals surface area (Å²) < 4.78 is 0. The number of aromatic hydroxyl groups is 1. The predicted molar refractivity (Wildman–Crippen MR) is 49.8 cm³/mol. The second-order valence-corrected chi connectivity index (χ2v) is 3.25. The average Bonchev–Trinajstić information content (AvgIpc) is 2.07. The minimum atomic E-state index is -0.760. The molecule has 1 aromatic rings. The van der Waals surface area contributed by atoms with Gasteiger partial charge in [0.05, 0.1) is 16.0 Å². The molecule has 1 N–H and O–H groups in total. The first-order chi connectivity index (χ1) is 5.95. The maximum Gasteiger partial charge on any atom is 0.293 e. The molecule has 0 aliphatic heterocycles. The Hall–Kier alpha value is -0.710. The Bertz CT molecular complexity index is 380. The zero-order valence-electron chi connectivity index (χ0n) is 5.92. The van der Waals surface area contributed by atoms with Crippen LogP contribution in [0.3, 0.4) is 0 Å². The summed E-state index contributed by atoms with van der Waals surface area (Å²) in [5.74, 6) is -0.470. The third kappa shape index (κ3) is 1.80. The van der Waals surface area contributed by atoms with Gasteiger partial charge in [-0.1, -0.05) is 34.8 Å². The van der Waals surface area contributed by atoms with Crippen LogP contribution in [0.4, 0.5) is 5.69 Å². The lowest BCUT2D eigenvalue weighted by Gasteiger charge is -2.01. The zero-order valence-corrected chi connectivity index (χ0v) is 8.19. The van der Waals surface area contributed by atoms with E-state index in [1.807, 2.05) is 0 Å². The van der Waals surface area contributed by atoms with Crippen molar-refractivity contribution >= 4 is 40.5 Å². The van der Waals surface area contributed by atoms with Gasteiger partial charge in [0, 0.05) is 0 Å². The number of hydrogen-bond acceptors (Lipinski definition) is 3. The Kier molecular flexibility index (Phi) is 2.85. The van der Waals surface area contributed by atoms with Crippen molar-refractivity contribution in [2.75, 3.05) is 0 Å². The summed E-state index contributed by atoms with van der Waals surface area (Å²) in [4.78, 5) is 9.59. The fraction of sp³-hybridized carbons (Fsp3) is 0. The van der Waals surface area contributed by atoms with Crippen molar-refractivity contribution in [2.45, 2.75) is 0 Å². The van der Waals surface area contributed by atoms with Crippen LogP contribution in [0.25, 0.3) is 0 Å². The maximum absolute atomic E-state index is 10.3. The molecule has 13 heavy (non-hydrogen) atoms. The van der Waals surface area contributed by atoms with Crippen LogP contribution in [0.5, 0.6) is 5.75 Å². The molecule has 0 radical (unpaired) electrons. The molecule has 7 heteroatoms. The highest BCUT2D eigenvalue weighted by Gasteiger charge is 2.21. The van der Waals surface area contributed by atoms with Gasteiger partial charge in [-0.05, 0) is 0 Å². The fourth-order valence-electron chi connectivity index (χ4n) is 0.710. The van der Waals surface area contributed by atoms with Gasteiger partial charge in [0.1, 0.15) is 15.8 Å². The van der Waals surface area contributed by atoms with Crippen molar-refractivity contribution < 1.29 is 10.0 Å². The van der Waals surface area contributed by atoms with Crippen LogP contribution in [0.15, 0.2) is 6.07 Å². The van der Waals surface area contributed by atoms with Crippen LogP contribution in [-0.2, 0) is 0 Å². The number of nitro groups is 1. The summed E-state index contributed by atoms with van der Waals surface area (Å²) >= 11 is 16.5. The molecule has 0 heterocycles. The number of phenolic OH excluding ortho intramolecular Hbond substituents is 1. The summed E-state index contributed by atoms with van der Waals surface area (Å²) in [6, 6.07) is 0.844. The number of phenols is 1. The first-order valence-corrected chi connectivity index (χ1v) is 4.09. The lowest BCUT2D eigenvalue weighted by atomic mass is 10.3. The lowest BCUT2D eigenvalue weighted by molar-refractivity contribution is -0.384. The lowest BCUT2D eigenvalue weighted by Crippen LogP contribution is -1.90. The molecule has 0 atom stereocenters. The van der Waals surface area contributed by atoms with E-state index in [2.05, 4.69) is 0 Å². The van der Waals surface area contributed by atoms with Crippen molar-refractivity contribution in [3.63, 3.8) is 0 Å². The zero-order chi connectivity index (χ0) is 10.2. The minimum absolute atomic E-state index is 0.197. The molecule has 0 bridgehead atoms. The van der Waals surface area contributed by atoms with Crippen LogP contribution in [0.2, 0.25) is 15.1 Å². The van der Waals surface area contributed by atoms with E-state index in [1.54, 1.807) is 0 Å². The topological polar surface area (TPSA) is 63.4 Å². The third-order valence-electron chi connectivity index (χ3n) is 1.31. The van der Waals surface area contributed by atoms with E-state index in [0.717, 1.165) is 6.07 Å². The highest BCUT2D eigenvalue weighted by molar-refractivity contribution is 6.49. The van der Waals surface area contributed by atoms with Crippen LogP contribution in [0, 0.1) is 10.1 Å². The van der Waals surface area contributed by atoms with Gasteiger partial charge in [0.2, 0.25) is 0 Å². The summed E-state index contributed by atoms with van der Waals surface area (Å²) in [6.45, 7) is 0. The monoisotopic (exact) mass is 241 g/mol. The van der Waals surface area contributed by atoms with Gasteiger partial charge in [-0.15, -0.1) is 0 Å². The number of rotatable bonds is 1. The van der Waals surface area contributed by atoms with E-state index in [-0.39, 0.29) is 15.1 Å². The Labute approximate surface area is 87.8 Å². The summed E-state index contributed by atoms with van der Waals surface area (Å²) in [7, 11) is 0. The van der Waals surface area contributed by atoms with Crippen LogP contribution in [0.1, 0.15) is 0 Å². The largest absolute Gasteiger partial charge is 0.506 e. The van der Waals surface area contributed by atoms with Crippen molar-refractivity contribution in [1.82, 2.24) is 0 Å². The van der Waals surface area contributed by atoms with E-state index in [4.69, 9.17) is 39.9 Å². The number of nitro benzene ring substituents is 1. The average molecular weight is 242 g/mol. The molecule has 70 valence electrons. The molecule has 0 unspecified atom stereocenters. The molecule has 1 rings (SSSR count). The molecule has 0 aliphatic carbocycles. The maximum atomic E-state index is 10.3. The second kappa shape index (κ2) is 3.57. The first-order valence-electron chi connectivity index (χ1n) is 2.96. The molecule has 0 saturated carbocycles. The normalized spacial score (nSPS) is 10.1. The summed E-state index contributed by atoms with van der Waals surface area (Å²) in [5, 5.41) is 18.7.